The van der Waals surface area contributed by atoms with Gasteiger partial charge in [0.25, 0.3) is 0 Å². The zero-order valence-electron chi connectivity index (χ0n) is 13.5. The van der Waals surface area contributed by atoms with Crippen molar-refractivity contribution in [2.75, 3.05) is 59.0 Å². The third-order valence-electron chi connectivity index (χ3n) is 3.91. The second-order valence-electron chi connectivity index (χ2n) is 5.52. The van der Waals surface area contributed by atoms with Gasteiger partial charge in [-0.05, 0) is 17.7 Å². The summed E-state index contributed by atoms with van der Waals surface area (Å²) in [6.45, 7) is 3.70. The number of benzene rings is 1. The molecule has 1 heterocycles. The fraction of sp³-hybridized carbons (Fsp3) is 0.562. The summed E-state index contributed by atoms with van der Waals surface area (Å²) in [4.78, 5) is 15.8. The van der Waals surface area contributed by atoms with Crippen molar-refractivity contribution in [2.24, 2.45) is 0 Å². The number of morpholine rings is 1. The fourth-order valence-corrected chi connectivity index (χ4v) is 2.59. The molecule has 1 fully saturated rings. The van der Waals surface area contributed by atoms with E-state index in [9.17, 15) is 4.79 Å². The van der Waals surface area contributed by atoms with Crippen LogP contribution in [-0.2, 0) is 9.47 Å². The number of anilines is 1. The Morgan fingerprint density at radius 3 is 2.50 bits per heavy atom. The number of carbonyl (C=O) groups is 1. The molecule has 1 aromatic rings. The Morgan fingerprint density at radius 2 is 1.95 bits per heavy atom. The zero-order chi connectivity index (χ0) is 15.9. The van der Waals surface area contributed by atoms with E-state index in [0.29, 0.717) is 6.54 Å². The highest BCUT2D eigenvalue weighted by Gasteiger charge is 2.23. The van der Waals surface area contributed by atoms with Crippen molar-refractivity contribution in [1.29, 1.82) is 0 Å². The highest BCUT2D eigenvalue weighted by molar-refractivity contribution is 5.66. The number of nitrogens with one attached hydrogen (secondary N) is 1. The lowest BCUT2D eigenvalue weighted by Gasteiger charge is -2.35. The largest absolute Gasteiger partial charge is 0.453 e. The van der Waals surface area contributed by atoms with Gasteiger partial charge in [0.2, 0.25) is 0 Å². The average molecular weight is 307 g/mol. The highest BCUT2D eigenvalue weighted by Crippen LogP contribution is 2.23. The molecular weight excluding hydrogens is 282 g/mol. The van der Waals surface area contributed by atoms with E-state index < -0.39 is 6.09 Å². The Morgan fingerprint density at radius 1 is 1.32 bits per heavy atom. The maximum atomic E-state index is 11.4. The van der Waals surface area contributed by atoms with E-state index in [0.717, 1.165) is 32.0 Å². The first kappa shape index (κ1) is 16.6. The minimum Gasteiger partial charge on any atom is -0.453 e. The van der Waals surface area contributed by atoms with E-state index >= 15 is 0 Å². The molecule has 1 saturated heterocycles. The molecule has 0 aliphatic carbocycles. The standard InChI is InChI=1S/C16H25N3O3/c1-18(2)14-6-4-13(5-7-14)15(12-17-16(20)21-3)19-8-10-22-11-9-19/h4-7,15H,8-12H2,1-3H3,(H,17,20). The first-order valence-corrected chi connectivity index (χ1v) is 7.52. The van der Waals surface area contributed by atoms with Crippen molar-refractivity contribution in [3.05, 3.63) is 29.8 Å². The maximum absolute atomic E-state index is 11.4. The van der Waals surface area contributed by atoms with Gasteiger partial charge in [-0.1, -0.05) is 12.1 Å². The number of alkyl carbamates (subject to hydrolysis) is 1. The van der Waals surface area contributed by atoms with Gasteiger partial charge in [-0.2, -0.15) is 0 Å². The minimum atomic E-state index is -0.400. The third-order valence-corrected chi connectivity index (χ3v) is 3.91. The van der Waals surface area contributed by atoms with Crippen molar-refractivity contribution in [1.82, 2.24) is 10.2 Å². The van der Waals surface area contributed by atoms with Crippen LogP contribution in [0.4, 0.5) is 10.5 Å². The van der Waals surface area contributed by atoms with Crippen LogP contribution < -0.4 is 10.2 Å². The number of hydrogen-bond donors (Lipinski definition) is 1. The van der Waals surface area contributed by atoms with Crippen LogP contribution in [0.15, 0.2) is 24.3 Å². The summed E-state index contributed by atoms with van der Waals surface area (Å²) in [6, 6.07) is 8.56. The molecule has 1 aliphatic rings. The van der Waals surface area contributed by atoms with Gasteiger partial charge >= 0.3 is 6.09 Å². The first-order valence-electron chi connectivity index (χ1n) is 7.52. The van der Waals surface area contributed by atoms with Crippen LogP contribution >= 0.6 is 0 Å². The van der Waals surface area contributed by atoms with Gasteiger partial charge < -0.3 is 19.7 Å². The Bertz CT molecular complexity index is 470. The second kappa shape index (κ2) is 8.00. The maximum Gasteiger partial charge on any atom is 0.406 e. The second-order valence-corrected chi connectivity index (χ2v) is 5.52. The summed E-state index contributed by atoms with van der Waals surface area (Å²) >= 11 is 0. The lowest BCUT2D eigenvalue weighted by atomic mass is 10.0. The Labute approximate surface area is 132 Å². The number of carbonyl (C=O) groups excluding carboxylic acids is 1. The molecule has 6 nitrogen and oxygen atoms in total. The lowest BCUT2D eigenvalue weighted by molar-refractivity contribution is 0.0162. The molecule has 1 aromatic carbocycles. The summed E-state index contributed by atoms with van der Waals surface area (Å²) in [5, 5.41) is 2.81. The molecule has 0 bridgehead atoms. The van der Waals surface area contributed by atoms with Crippen LogP contribution in [0, 0.1) is 0 Å². The highest BCUT2D eigenvalue weighted by atomic mass is 16.5. The normalized spacial score (nSPS) is 16.9. The molecule has 1 atom stereocenters. The minimum absolute atomic E-state index is 0.124. The van der Waals surface area contributed by atoms with Crippen molar-refractivity contribution in [2.45, 2.75) is 6.04 Å². The number of ether oxygens (including phenoxy) is 2. The van der Waals surface area contributed by atoms with Gasteiger partial charge in [-0.15, -0.1) is 0 Å². The molecule has 1 aliphatic heterocycles. The molecule has 6 heteroatoms. The molecule has 0 radical (unpaired) electrons. The van der Waals surface area contributed by atoms with Gasteiger partial charge in [0.15, 0.2) is 0 Å². The van der Waals surface area contributed by atoms with E-state index in [1.165, 1.54) is 12.7 Å². The molecule has 2 rings (SSSR count). The Kier molecular flexibility index (Phi) is 6.03. The van der Waals surface area contributed by atoms with Crippen LogP contribution in [0.25, 0.3) is 0 Å². The molecule has 0 spiro atoms. The quantitative estimate of drug-likeness (QED) is 0.893. The number of rotatable bonds is 5. The summed E-state index contributed by atoms with van der Waals surface area (Å²) in [5.74, 6) is 0. The van der Waals surface area contributed by atoms with E-state index in [4.69, 9.17) is 4.74 Å². The van der Waals surface area contributed by atoms with Crippen molar-refractivity contribution in [3.8, 4) is 0 Å². The number of hydrogen-bond acceptors (Lipinski definition) is 5. The van der Waals surface area contributed by atoms with E-state index in [1.807, 2.05) is 14.1 Å². The predicted octanol–water partition coefficient (Wildman–Crippen LogP) is 1.48. The summed E-state index contributed by atoms with van der Waals surface area (Å²) in [6.07, 6.45) is -0.400. The molecule has 122 valence electrons. The topological polar surface area (TPSA) is 54.0 Å². The molecule has 1 amide bonds. The van der Waals surface area contributed by atoms with Crippen LogP contribution in [0.5, 0.6) is 0 Å². The number of nitrogens with zero attached hydrogens (tertiary/aromatic N) is 2. The van der Waals surface area contributed by atoms with E-state index in [-0.39, 0.29) is 6.04 Å². The number of methoxy groups -OCH3 is 1. The Balaban J connectivity index is 2.12. The van der Waals surface area contributed by atoms with Crippen molar-refractivity contribution < 1.29 is 14.3 Å². The van der Waals surface area contributed by atoms with Crippen LogP contribution in [0.3, 0.4) is 0 Å². The smallest absolute Gasteiger partial charge is 0.406 e. The van der Waals surface area contributed by atoms with E-state index in [2.05, 4.69) is 44.1 Å². The zero-order valence-corrected chi connectivity index (χ0v) is 13.5. The van der Waals surface area contributed by atoms with Gasteiger partial charge in [-0.3, -0.25) is 4.90 Å². The number of amides is 1. The molecule has 1 N–H and O–H groups in total. The Hall–Kier alpha value is -1.79. The van der Waals surface area contributed by atoms with Gasteiger partial charge in [0, 0.05) is 39.4 Å². The predicted molar refractivity (Wildman–Crippen MR) is 86.3 cm³/mol. The summed E-state index contributed by atoms with van der Waals surface area (Å²) in [5.41, 5.74) is 2.34. The van der Waals surface area contributed by atoms with Crippen LogP contribution in [-0.4, -0.2) is 65.0 Å². The average Bonchev–Trinajstić information content (AvgIpc) is 2.56. The fourth-order valence-electron chi connectivity index (χ4n) is 2.59. The monoisotopic (exact) mass is 307 g/mol. The van der Waals surface area contributed by atoms with Crippen molar-refractivity contribution in [3.63, 3.8) is 0 Å². The third kappa shape index (κ3) is 4.35. The van der Waals surface area contributed by atoms with Gasteiger partial charge in [0.05, 0.1) is 26.4 Å². The SMILES string of the molecule is COC(=O)NCC(c1ccc(N(C)C)cc1)N1CCOCC1. The lowest BCUT2D eigenvalue weighted by Crippen LogP contribution is -2.43. The van der Waals surface area contributed by atoms with Crippen molar-refractivity contribution >= 4 is 11.8 Å². The van der Waals surface area contributed by atoms with Gasteiger partial charge in [-0.25, -0.2) is 4.79 Å². The molecule has 0 aromatic heterocycles. The summed E-state index contributed by atoms with van der Waals surface area (Å²) in [7, 11) is 5.42. The van der Waals surface area contributed by atoms with Crippen LogP contribution in [0.2, 0.25) is 0 Å². The molecule has 1 unspecified atom stereocenters. The first-order chi connectivity index (χ1) is 10.6. The van der Waals surface area contributed by atoms with Crippen LogP contribution in [0.1, 0.15) is 11.6 Å². The van der Waals surface area contributed by atoms with E-state index in [1.54, 1.807) is 0 Å². The van der Waals surface area contributed by atoms with Gasteiger partial charge in [0.1, 0.15) is 0 Å². The molecular formula is C16H25N3O3. The summed E-state index contributed by atoms with van der Waals surface area (Å²) < 4.78 is 10.1. The molecule has 22 heavy (non-hydrogen) atoms. The molecule has 0 saturated carbocycles.